The molecule has 110 valence electrons. The van der Waals surface area contributed by atoms with Gasteiger partial charge in [-0.2, -0.15) is 4.31 Å². The molecule has 3 aliphatic rings. The van der Waals surface area contributed by atoms with E-state index in [-0.39, 0.29) is 17.3 Å². The molecular formula is C14H25NO3S. The van der Waals surface area contributed by atoms with Crippen molar-refractivity contribution >= 4 is 10.0 Å². The first-order valence-corrected chi connectivity index (χ1v) is 9.21. The smallest absolute Gasteiger partial charge is 0.217 e. The Morgan fingerprint density at radius 2 is 1.74 bits per heavy atom. The zero-order valence-electron chi connectivity index (χ0n) is 11.8. The Bertz CT molecular complexity index is 416. The molecule has 1 saturated carbocycles. The predicted molar refractivity (Wildman–Crippen MR) is 74.4 cm³/mol. The van der Waals surface area contributed by atoms with Crippen molar-refractivity contribution in [1.82, 2.24) is 4.31 Å². The molecule has 19 heavy (non-hydrogen) atoms. The van der Waals surface area contributed by atoms with Crippen LogP contribution in [0, 0.1) is 5.92 Å². The lowest BCUT2D eigenvalue weighted by atomic mass is 9.85. The lowest BCUT2D eigenvalue weighted by Crippen LogP contribution is -2.48. The second-order valence-corrected chi connectivity index (χ2v) is 8.50. The van der Waals surface area contributed by atoms with Gasteiger partial charge in [0, 0.05) is 25.3 Å². The van der Waals surface area contributed by atoms with Crippen LogP contribution in [0.1, 0.15) is 51.9 Å². The van der Waals surface area contributed by atoms with E-state index >= 15 is 0 Å². The van der Waals surface area contributed by atoms with Crippen molar-refractivity contribution in [3.8, 4) is 0 Å². The van der Waals surface area contributed by atoms with Crippen molar-refractivity contribution < 1.29 is 13.2 Å². The molecule has 0 bridgehead atoms. The summed E-state index contributed by atoms with van der Waals surface area (Å²) in [5.74, 6) is 0.610. The number of nitrogens with zero attached hydrogens (tertiary/aromatic N) is 1. The van der Waals surface area contributed by atoms with Crippen LogP contribution in [0.15, 0.2) is 0 Å². The maximum atomic E-state index is 12.9. The third kappa shape index (κ3) is 2.45. The third-order valence-electron chi connectivity index (χ3n) is 5.16. The minimum absolute atomic E-state index is 0.195. The summed E-state index contributed by atoms with van der Waals surface area (Å²) < 4.78 is 33.1. The van der Waals surface area contributed by atoms with Crippen LogP contribution in [0.2, 0.25) is 0 Å². The second kappa shape index (κ2) is 5.34. The Balaban J connectivity index is 1.82. The van der Waals surface area contributed by atoms with Gasteiger partial charge in [-0.05, 0) is 44.9 Å². The lowest BCUT2D eigenvalue weighted by Gasteiger charge is -2.35. The molecule has 4 nitrogen and oxygen atoms in total. The Kier molecular flexibility index (Phi) is 3.89. The highest BCUT2D eigenvalue weighted by atomic mass is 32.2. The van der Waals surface area contributed by atoms with Gasteiger partial charge in [0.2, 0.25) is 10.0 Å². The van der Waals surface area contributed by atoms with Gasteiger partial charge in [0.05, 0.1) is 5.25 Å². The van der Waals surface area contributed by atoms with Crippen LogP contribution in [-0.2, 0) is 14.8 Å². The third-order valence-corrected chi connectivity index (χ3v) is 7.69. The number of ether oxygens (including phenoxy) is 1. The van der Waals surface area contributed by atoms with Gasteiger partial charge in [0.25, 0.3) is 0 Å². The van der Waals surface area contributed by atoms with Crippen molar-refractivity contribution in [1.29, 1.82) is 0 Å². The van der Waals surface area contributed by atoms with Gasteiger partial charge in [0.15, 0.2) is 0 Å². The Labute approximate surface area is 116 Å². The Morgan fingerprint density at radius 3 is 2.47 bits per heavy atom. The van der Waals surface area contributed by atoms with Gasteiger partial charge < -0.3 is 4.74 Å². The summed E-state index contributed by atoms with van der Waals surface area (Å²) in [6.45, 7) is 3.29. The summed E-state index contributed by atoms with van der Waals surface area (Å²) in [6.07, 6.45) is 7.15. The molecule has 2 heterocycles. The Morgan fingerprint density at radius 1 is 1.05 bits per heavy atom. The summed E-state index contributed by atoms with van der Waals surface area (Å²) in [5, 5.41) is -0.204. The van der Waals surface area contributed by atoms with E-state index in [4.69, 9.17) is 4.74 Å². The highest BCUT2D eigenvalue weighted by Crippen LogP contribution is 2.42. The predicted octanol–water partition coefficient (Wildman–Crippen LogP) is 2.15. The number of hydrogen-bond acceptors (Lipinski definition) is 3. The molecule has 2 saturated heterocycles. The van der Waals surface area contributed by atoms with Crippen LogP contribution in [0.25, 0.3) is 0 Å². The van der Waals surface area contributed by atoms with Crippen LogP contribution in [0.5, 0.6) is 0 Å². The fourth-order valence-corrected chi connectivity index (χ4v) is 6.63. The number of rotatable bonds is 2. The van der Waals surface area contributed by atoms with E-state index in [2.05, 4.69) is 6.92 Å². The lowest BCUT2D eigenvalue weighted by molar-refractivity contribution is 0.0964. The summed E-state index contributed by atoms with van der Waals surface area (Å²) in [4.78, 5) is 0. The molecule has 0 N–H and O–H groups in total. The van der Waals surface area contributed by atoms with Crippen molar-refractivity contribution in [2.75, 3.05) is 13.2 Å². The van der Waals surface area contributed by atoms with Crippen molar-refractivity contribution in [3.63, 3.8) is 0 Å². The van der Waals surface area contributed by atoms with E-state index in [1.165, 1.54) is 19.3 Å². The van der Waals surface area contributed by atoms with Gasteiger partial charge in [-0.25, -0.2) is 8.42 Å². The van der Waals surface area contributed by atoms with Crippen LogP contribution in [0.4, 0.5) is 0 Å². The average Bonchev–Trinajstić information content (AvgIpc) is 2.76. The molecule has 0 unspecified atom stereocenters. The highest BCUT2D eigenvalue weighted by molar-refractivity contribution is 7.89. The molecule has 5 heteroatoms. The quantitative estimate of drug-likeness (QED) is 0.782. The zero-order chi connectivity index (χ0) is 13.5. The van der Waals surface area contributed by atoms with Gasteiger partial charge in [-0.3, -0.25) is 0 Å². The SMILES string of the molecule is C[C@@H]1C[C@H]2CCCC[C@@H]2N1S(=O)(=O)C1CCOCC1. The van der Waals surface area contributed by atoms with Gasteiger partial charge >= 0.3 is 0 Å². The number of fused-ring (bicyclic) bond motifs is 1. The first kappa shape index (κ1) is 13.8. The van der Waals surface area contributed by atoms with Crippen molar-refractivity contribution in [2.45, 2.75) is 69.2 Å². The van der Waals surface area contributed by atoms with Crippen LogP contribution >= 0.6 is 0 Å². The molecule has 0 aromatic heterocycles. The van der Waals surface area contributed by atoms with Crippen LogP contribution in [0.3, 0.4) is 0 Å². The van der Waals surface area contributed by atoms with E-state index in [1.54, 1.807) is 0 Å². The van der Waals surface area contributed by atoms with E-state index in [1.807, 2.05) is 4.31 Å². The zero-order valence-corrected chi connectivity index (χ0v) is 12.6. The topological polar surface area (TPSA) is 46.6 Å². The van der Waals surface area contributed by atoms with Crippen LogP contribution < -0.4 is 0 Å². The monoisotopic (exact) mass is 287 g/mol. The normalized spacial score (nSPS) is 38.3. The Hall–Kier alpha value is -0.130. The first-order valence-electron chi connectivity index (χ1n) is 7.71. The van der Waals surface area contributed by atoms with Gasteiger partial charge in [0.1, 0.15) is 0 Å². The van der Waals surface area contributed by atoms with Crippen LogP contribution in [-0.4, -0.2) is 43.3 Å². The molecule has 1 aliphatic carbocycles. The minimum atomic E-state index is -3.13. The standard InChI is InChI=1S/C14H25NO3S/c1-11-10-12-4-2-3-5-14(12)15(11)19(16,17)13-6-8-18-9-7-13/h11-14H,2-10H2,1H3/t11-,12-,14+/m1/s1. The van der Waals surface area contributed by atoms with Gasteiger partial charge in [-0.15, -0.1) is 0 Å². The maximum absolute atomic E-state index is 12.9. The summed E-state index contributed by atoms with van der Waals surface area (Å²) in [5.41, 5.74) is 0. The van der Waals surface area contributed by atoms with E-state index in [0.717, 1.165) is 12.8 Å². The molecule has 3 rings (SSSR count). The summed E-state index contributed by atoms with van der Waals surface area (Å²) in [7, 11) is -3.13. The largest absolute Gasteiger partial charge is 0.381 e. The highest BCUT2D eigenvalue weighted by Gasteiger charge is 2.48. The molecule has 0 aromatic rings. The molecule has 0 spiro atoms. The van der Waals surface area contributed by atoms with E-state index in [0.29, 0.717) is 32.0 Å². The number of hydrogen-bond donors (Lipinski definition) is 0. The number of sulfonamides is 1. The average molecular weight is 287 g/mol. The molecule has 0 amide bonds. The summed E-state index contributed by atoms with van der Waals surface area (Å²) >= 11 is 0. The molecule has 0 aromatic carbocycles. The first-order chi connectivity index (χ1) is 9.10. The summed E-state index contributed by atoms with van der Waals surface area (Å²) in [6, 6.07) is 0.484. The fraction of sp³-hybridized carbons (Fsp3) is 1.00. The van der Waals surface area contributed by atoms with Crippen molar-refractivity contribution in [3.05, 3.63) is 0 Å². The molecule has 0 radical (unpaired) electrons. The second-order valence-electron chi connectivity index (χ2n) is 6.38. The molecular weight excluding hydrogens is 262 g/mol. The van der Waals surface area contributed by atoms with E-state index < -0.39 is 10.0 Å². The molecule has 3 atom stereocenters. The molecule has 2 aliphatic heterocycles. The van der Waals surface area contributed by atoms with Crippen molar-refractivity contribution in [2.24, 2.45) is 5.92 Å². The van der Waals surface area contributed by atoms with Gasteiger partial charge in [-0.1, -0.05) is 12.8 Å². The minimum Gasteiger partial charge on any atom is -0.381 e. The maximum Gasteiger partial charge on any atom is 0.217 e. The van der Waals surface area contributed by atoms with E-state index in [9.17, 15) is 8.42 Å². The fourth-order valence-electron chi connectivity index (χ4n) is 4.25. The molecule has 3 fully saturated rings.